The number of nitrogens with zero attached hydrogens (tertiary/aromatic N) is 1. The maximum atomic E-state index is 2.43. The lowest BCUT2D eigenvalue weighted by Gasteiger charge is -2.16. The minimum atomic E-state index is 0.360. The number of fused-ring (bicyclic) bond motifs is 6. The van der Waals surface area contributed by atoms with Gasteiger partial charge in [0.25, 0.3) is 0 Å². The minimum absolute atomic E-state index is 0.360. The molecule has 1 heterocycles. The molecule has 1 aromatic heterocycles. The fraction of sp³-hybridized carbons (Fsp3) is 0.0667. The van der Waals surface area contributed by atoms with Gasteiger partial charge in [0.1, 0.15) is 0 Å². The summed E-state index contributed by atoms with van der Waals surface area (Å²) in [7, 11) is 0. The highest BCUT2D eigenvalue weighted by Crippen LogP contribution is 2.48. The Hall–Kier alpha value is -5.66. The van der Waals surface area contributed by atoms with Crippen molar-refractivity contribution in [2.75, 3.05) is 0 Å². The van der Waals surface area contributed by atoms with Gasteiger partial charge in [0.15, 0.2) is 0 Å². The quantitative estimate of drug-likeness (QED) is 0.182. The molecule has 1 aliphatic carbocycles. The van der Waals surface area contributed by atoms with Gasteiger partial charge in [0.2, 0.25) is 0 Å². The Balaban J connectivity index is 1.11. The van der Waals surface area contributed by atoms with Crippen LogP contribution in [0.15, 0.2) is 170 Å². The van der Waals surface area contributed by atoms with E-state index in [9.17, 15) is 0 Å². The Morgan fingerprint density at radius 2 is 0.957 bits per heavy atom. The molecule has 1 nitrogen and oxygen atoms in total. The van der Waals surface area contributed by atoms with Gasteiger partial charge in [-0.25, -0.2) is 0 Å². The molecule has 7 aromatic carbocycles. The molecule has 8 aromatic rings. The standard InChI is InChI=1S/C45H33N/c1-3-13-32(14-4-1)34-27-31(28-35(29-34)33-15-5-2-6-16-33)23-25-39-37-17-7-8-18-38(37)43-30-36(24-26-40(39)43)46-44-21-11-9-19-41(44)42-20-10-12-22-45(42)46/h1-22,24,26-30,39H,23,25H2. The maximum absolute atomic E-state index is 2.43. The van der Waals surface area contributed by atoms with Crippen LogP contribution in [0.3, 0.4) is 0 Å². The normalized spacial score (nSPS) is 13.6. The van der Waals surface area contributed by atoms with Gasteiger partial charge < -0.3 is 4.57 Å². The number of rotatable bonds is 6. The molecular formula is C45H33N. The summed E-state index contributed by atoms with van der Waals surface area (Å²) in [6, 6.07) is 62.4. The number of benzene rings is 7. The predicted molar refractivity (Wildman–Crippen MR) is 194 cm³/mol. The monoisotopic (exact) mass is 587 g/mol. The third-order valence-electron chi connectivity index (χ3n) is 9.81. The molecule has 0 amide bonds. The van der Waals surface area contributed by atoms with E-state index in [-0.39, 0.29) is 0 Å². The maximum Gasteiger partial charge on any atom is 0.0541 e. The van der Waals surface area contributed by atoms with E-state index in [0.29, 0.717) is 5.92 Å². The van der Waals surface area contributed by atoms with E-state index in [1.807, 2.05) is 0 Å². The molecule has 1 heteroatoms. The molecule has 0 bridgehead atoms. The van der Waals surface area contributed by atoms with Crippen LogP contribution in [0.2, 0.25) is 0 Å². The van der Waals surface area contributed by atoms with Gasteiger partial charge in [-0.2, -0.15) is 0 Å². The summed E-state index contributed by atoms with van der Waals surface area (Å²) in [6.45, 7) is 0. The highest BCUT2D eigenvalue weighted by Gasteiger charge is 2.29. The topological polar surface area (TPSA) is 4.93 Å². The van der Waals surface area contributed by atoms with Gasteiger partial charge in [-0.1, -0.05) is 140 Å². The van der Waals surface area contributed by atoms with Gasteiger partial charge in [0, 0.05) is 22.4 Å². The Morgan fingerprint density at radius 1 is 0.413 bits per heavy atom. The molecule has 46 heavy (non-hydrogen) atoms. The van der Waals surface area contributed by atoms with Crippen LogP contribution >= 0.6 is 0 Å². The van der Waals surface area contributed by atoms with E-state index in [1.54, 1.807) is 0 Å². The Kier molecular flexibility index (Phi) is 6.42. The van der Waals surface area contributed by atoms with Crippen molar-refractivity contribution in [1.82, 2.24) is 4.57 Å². The first kappa shape index (κ1) is 26.7. The van der Waals surface area contributed by atoms with Gasteiger partial charge >= 0.3 is 0 Å². The lowest BCUT2D eigenvalue weighted by molar-refractivity contribution is 0.729. The zero-order valence-electron chi connectivity index (χ0n) is 25.6. The first-order valence-electron chi connectivity index (χ1n) is 16.3. The SMILES string of the molecule is c1ccc(-c2cc(CCC3c4ccccc4-c4cc(-n5c6ccccc6c6ccccc65)ccc43)cc(-c3ccccc3)c2)cc1. The summed E-state index contributed by atoms with van der Waals surface area (Å²) in [4.78, 5) is 0. The van der Waals surface area contributed by atoms with Crippen molar-refractivity contribution >= 4 is 21.8 Å². The van der Waals surface area contributed by atoms with E-state index in [0.717, 1.165) is 12.8 Å². The van der Waals surface area contributed by atoms with Crippen LogP contribution in [0.1, 0.15) is 29.0 Å². The van der Waals surface area contributed by atoms with E-state index in [1.165, 1.54) is 77.6 Å². The molecule has 1 aliphatic rings. The molecule has 218 valence electrons. The highest BCUT2D eigenvalue weighted by molar-refractivity contribution is 6.09. The molecule has 0 radical (unpaired) electrons. The summed E-state index contributed by atoms with van der Waals surface area (Å²) in [5.41, 5.74) is 15.8. The smallest absolute Gasteiger partial charge is 0.0541 e. The predicted octanol–water partition coefficient (Wildman–Crippen LogP) is 11.9. The molecular weight excluding hydrogens is 555 g/mol. The number of hydrogen-bond donors (Lipinski definition) is 0. The van der Waals surface area contributed by atoms with Crippen molar-refractivity contribution < 1.29 is 0 Å². The fourth-order valence-electron chi connectivity index (χ4n) is 7.69. The van der Waals surface area contributed by atoms with Crippen molar-refractivity contribution in [2.45, 2.75) is 18.8 Å². The summed E-state index contributed by atoms with van der Waals surface area (Å²) >= 11 is 0. The number of hydrogen-bond acceptors (Lipinski definition) is 0. The zero-order chi connectivity index (χ0) is 30.5. The third-order valence-corrected chi connectivity index (χ3v) is 9.81. The van der Waals surface area contributed by atoms with Crippen LogP contribution in [-0.2, 0) is 6.42 Å². The second-order valence-electron chi connectivity index (χ2n) is 12.5. The van der Waals surface area contributed by atoms with Crippen molar-refractivity contribution in [2.24, 2.45) is 0 Å². The fourth-order valence-corrected chi connectivity index (χ4v) is 7.69. The lowest BCUT2D eigenvalue weighted by Crippen LogP contribution is -2.01. The van der Waals surface area contributed by atoms with Crippen molar-refractivity contribution in [3.63, 3.8) is 0 Å². The molecule has 0 saturated heterocycles. The summed E-state index contributed by atoms with van der Waals surface area (Å²) in [5.74, 6) is 0.360. The summed E-state index contributed by atoms with van der Waals surface area (Å²) in [6.07, 6.45) is 2.07. The second-order valence-corrected chi connectivity index (χ2v) is 12.5. The zero-order valence-corrected chi connectivity index (χ0v) is 25.6. The van der Waals surface area contributed by atoms with Gasteiger partial charge in [-0.15, -0.1) is 0 Å². The van der Waals surface area contributed by atoms with Crippen molar-refractivity contribution in [3.8, 4) is 39.1 Å². The first-order valence-corrected chi connectivity index (χ1v) is 16.3. The first-order chi connectivity index (χ1) is 22.8. The number of aromatic nitrogens is 1. The van der Waals surface area contributed by atoms with Crippen molar-refractivity contribution in [1.29, 1.82) is 0 Å². The Bertz CT molecular complexity index is 2250. The van der Waals surface area contributed by atoms with Crippen LogP contribution in [0.25, 0.3) is 60.9 Å². The van der Waals surface area contributed by atoms with E-state index >= 15 is 0 Å². The van der Waals surface area contributed by atoms with Crippen molar-refractivity contribution in [3.05, 3.63) is 187 Å². The molecule has 0 fully saturated rings. The molecule has 0 spiro atoms. The van der Waals surface area contributed by atoms with Gasteiger partial charge in [-0.3, -0.25) is 0 Å². The second kappa shape index (κ2) is 11.1. The van der Waals surface area contributed by atoms with Crippen LogP contribution in [-0.4, -0.2) is 4.57 Å². The average molecular weight is 588 g/mol. The minimum Gasteiger partial charge on any atom is -0.309 e. The Morgan fingerprint density at radius 3 is 1.61 bits per heavy atom. The molecule has 1 atom stereocenters. The van der Waals surface area contributed by atoms with E-state index < -0.39 is 0 Å². The molecule has 1 unspecified atom stereocenters. The average Bonchev–Trinajstić information content (AvgIpc) is 3.63. The largest absolute Gasteiger partial charge is 0.309 e. The van der Waals surface area contributed by atoms with Gasteiger partial charge in [0.05, 0.1) is 11.0 Å². The lowest BCUT2D eigenvalue weighted by atomic mass is 9.88. The van der Waals surface area contributed by atoms with Crippen LogP contribution in [0.4, 0.5) is 0 Å². The third kappa shape index (κ3) is 4.47. The van der Waals surface area contributed by atoms with Crippen LogP contribution in [0.5, 0.6) is 0 Å². The number of aryl methyl sites for hydroxylation is 1. The van der Waals surface area contributed by atoms with E-state index in [4.69, 9.17) is 0 Å². The summed E-state index contributed by atoms with van der Waals surface area (Å²) in [5, 5.41) is 2.59. The molecule has 0 saturated carbocycles. The van der Waals surface area contributed by atoms with Crippen LogP contribution < -0.4 is 0 Å². The molecule has 0 N–H and O–H groups in total. The number of para-hydroxylation sites is 2. The Labute approximate surface area is 270 Å². The van der Waals surface area contributed by atoms with E-state index in [2.05, 4.69) is 174 Å². The highest BCUT2D eigenvalue weighted by atomic mass is 15.0. The molecule has 0 aliphatic heterocycles. The van der Waals surface area contributed by atoms with Gasteiger partial charge in [-0.05, 0) is 93.2 Å². The summed E-state index contributed by atoms with van der Waals surface area (Å²) < 4.78 is 2.43. The molecule has 9 rings (SSSR count). The van der Waals surface area contributed by atoms with Crippen LogP contribution in [0, 0.1) is 0 Å².